The van der Waals surface area contributed by atoms with E-state index >= 15 is 0 Å². The van der Waals surface area contributed by atoms with Crippen LogP contribution in [0.15, 0.2) is 66.7 Å². The topological polar surface area (TPSA) is 82.1 Å². The summed E-state index contributed by atoms with van der Waals surface area (Å²) in [5, 5.41) is 9.30. The van der Waals surface area contributed by atoms with E-state index in [1.54, 1.807) is 42.5 Å². The number of carbonyl (C=O) groups excluding carboxylic acids is 1. The van der Waals surface area contributed by atoms with Gasteiger partial charge in [0.1, 0.15) is 23.7 Å². The average molecular weight is 559 g/mol. The third-order valence-corrected chi connectivity index (χ3v) is 7.62. The molecular formula is C35H42O6. The van der Waals surface area contributed by atoms with Crippen molar-refractivity contribution in [3.05, 3.63) is 94.5 Å². The van der Waals surface area contributed by atoms with Crippen LogP contribution in [0.25, 0.3) is 0 Å². The second-order valence-corrected chi connectivity index (χ2v) is 10.8. The third kappa shape index (κ3) is 9.46. The molecule has 6 nitrogen and oxygen atoms in total. The highest BCUT2D eigenvalue weighted by atomic mass is 16.5. The Balaban J connectivity index is 1.20. The van der Waals surface area contributed by atoms with Crippen molar-refractivity contribution >= 4 is 11.9 Å². The molecule has 1 unspecified atom stereocenters. The van der Waals surface area contributed by atoms with Crippen molar-refractivity contribution in [3.8, 4) is 11.5 Å². The first-order valence-corrected chi connectivity index (χ1v) is 15.0. The summed E-state index contributed by atoms with van der Waals surface area (Å²) in [6, 6.07) is 19.4. The second-order valence-electron chi connectivity index (χ2n) is 10.8. The maximum Gasteiger partial charge on any atom is 0.343 e. The Hall–Kier alpha value is -3.64. The summed E-state index contributed by atoms with van der Waals surface area (Å²) < 4.78 is 17.5. The first-order chi connectivity index (χ1) is 20.0. The molecule has 0 amide bonds. The number of hydrogen-bond acceptors (Lipinski definition) is 5. The molecule has 0 fully saturated rings. The second kappa shape index (κ2) is 16.0. The van der Waals surface area contributed by atoms with E-state index in [1.165, 1.54) is 62.1 Å². The SMILES string of the molecule is CCCCCCCCCCOC1CCc2cc(C(=O)Oc3ccc(COc4ccccc4C(=O)O)cc3)ccc2C1. The van der Waals surface area contributed by atoms with Gasteiger partial charge in [0.25, 0.3) is 0 Å². The molecule has 3 aromatic carbocycles. The summed E-state index contributed by atoms with van der Waals surface area (Å²) in [5.41, 5.74) is 3.94. The van der Waals surface area contributed by atoms with Gasteiger partial charge in [0.05, 0.1) is 11.7 Å². The number of unbranched alkanes of at least 4 members (excludes halogenated alkanes) is 7. The molecule has 0 heterocycles. The van der Waals surface area contributed by atoms with Crippen LogP contribution in [0.1, 0.15) is 102 Å². The normalized spacial score (nSPS) is 14.3. The molecule has 0 bridgehead atoms. The van der Waals surface area contributed by atoms with Gasteiger partial charge >= 0.3 is 11.9 Å². The van der Waals surface area contributed by atoms with Gasteiger partial charge in [0, 0.05) is 6.61 Å². The lowest BCUT2D eigenvalue weighted by molar-refractivity contribution is 0.0417. The summed E-state index contributed by atoms with van der Waals surface area (Å²) >= 11 is 0. The average Bonchev–Trinajstić information content (AvgIpc) is 2.99. The minimum absolute atomic E-state index is 0.116. The molecule has 0 saturated heterocycles. The zero-order valence-electron chi connectivity index (χ0n) is 24.1. The molecule has 0 aromatic heterocycles. The smallest absolute Gasteiger partial charge is 0.343 e. The van der Waals surface area contributed by atoms with Gasteiger partial charge in [-0.25, -0.2) is 9.59 Å². The molecule has 1 aliphatic carbocycles. The number of hydrogen-bond donors (Lipinski definition) is 1. The number of fused-ring (bicyclic) bond motifs is 1. The van der Waals surface area contributed by atoms with E-state index in [4.69, 9.17) is 14.2 Å². The van der Waals surface area contributed by atoms with Crippen LogP contribution in [-0.4, -0.2) is 29.8 Å². The van der Waals surface area contributed by atoms with Crippen molar-refractivity contribution < 1.29 is 28.9 Å². The van der Waals surface area contributed by atoms with E-state index in [0.717, 1.165) is 37.9 Å². The number of para-hydroxylation sites is 1. The Morgan fingerprint density at radius 2 is 1.59 bits per heavy atom. The number of esters is 1. The van der Waals surface area contributed by atoms with Gasteiger partial charge in [-0.15, -0.1) is 0 Å². The van der Waals surface area contributed by atoms with E-state index in [0.29, 0.717) is 17.1 Å². The lowest BCUT2D eigenvalue weighted by atomic mass is 9.88. The van der Waals surface area contributed by atoms with Crippen LogP contribution in [0.2, 0.25) is 0 Å². The van der Waals surface area contributed by atoms with Crippen molar-refractivity contribution in [1.29, 1.82) is 0 Å². The minimum Gasteiger partial charge on any atom is -0.488 e. The molecule has 6 heteroatoms. The molecule has 0 spiro atoms. The van der Waals surface area contributed by atoms with Gasteiger partial charge in [0.2, 0.25) is 0 Å². The summed E-state index contributed by atoms with van der Waals surface area (Å²) in [7, 11) is 0. The fourth-order valence-electron chi connectivity index (χ4n) is 5.23. The Morgan fingerprint density at radius 1 is 0.854 bits per heavy atom. The van der Waals surface area contributed by atoms with Gasteiger partial charge in [-0.1, -0.05) is 82.2 Å². The lowest BCUT2D eigenvalue weighted by Gasteiger charge is -2.25. The zero-order valence-corrected chi connectivity index (χ0v) is 24.1. The van der Waals surface area contributed by atoms with Crippen LogP contribution in [0.5, 0.6) is 11.5 Å². The molecule has 1 aliphatic rings. The summed E-state index contributed by atoms with van der Waals surface area (Å²) in [6.45, 7) is 3.29. The molecule has 4 rings (SSSR count). The first-order valence-electron chi connectivity index (χ1n) is 15.0. The van der Waals surface area contributed by atoms with E-state index < -0.39 is 5.97 Å². The van der Waals surface area contributed by atoms with Crippen LogP contribution < -0.4 is 9.47 Å². The highest BCUT2D eigenvalue weighted by molar-refractivity contribution is 5.91. The van der Waals surface area contributed by atoms with Gasteiger partial charge in [-0.05, 0) is 78.8 Å². The maximum absolute atomic E-state index is 12.8. The molecule has 0 radical (unpaired) electrons. The van der Waals surface area contributed by atoms with Crippen LogP contribution >= 0.6 is 0 Å². The molecular weight excluding hydrogens is 516 g/mol. The number of rotatable bonds is 16. The van der Waals surface area contributed by atoms with Gasteiger partial charge in [0.15, 0.2) is 0 Å². The third-order valence-electron chi connectivity index (χ3n) is 7.62. The van der Waals surface area contributed by atoms with Crippen molar-refractivity contribution in [2.24, 2.45) is 0 Å². The number of aromatic carboxylic acids is 1. The fourth-order valence-corrected chi connectivity index (χ4v) is 5.23. The Kier molecular flexibility index (Phi) is 11.8. The number of ether oxygens (including phenoxy) is 3. The van der Waals surface area contributed by atoms with Gasteiger partial charge in [-0.2, -0.15) is 0 Å². The number of aryl methyl sites for hydroxylation is 1. The fraction of sp³-hybridized carbons (Fsp3) is 0.429. The van der Waals surface area contributed by atoms with Crippen molar-refractivity contribution in [1.82, 2.24) is 0 Å². The monoisotopic (exact) mass is 558 g/mol. The largest absolute Gasteiger partial charge is 0.488 e. The standard InChI is InChI=1S/C35H42O6/c1-2-3-4-5-6-7-8-11-22-39-31-21-18-27-23-29(17-16-28(27)24-31)35(38)41-30-19-14-26(15-20-30)25-40-33-13-10-9-12-32(33)34(36)37/h9-10,12-17,19-20,23,31H,2-8,11,18,21-22,24-25H2,1H3,(H,36,37). The highest BCUT2D eigenvalue weighted by Crippen LogP contribution is 2.26. The van der Waals surface area contributed by atoms with E-state index in [-0.39, 0.29) is 24.2 Å². The number of benzene rings is 3. The van der Waals surface area contributed by atoms with Crippen molar-refractivity contribution in [3.63, 3.8) is 0 Å². The molecule has 3 aromatic rings. The molecule has 218 valence electrons. The van der Waals surface area contributed by atoms with E-state index in [2.05, 4.69) is 6.92 Å². The van der Waals surface area contributed by atoms with Gasteiger partial charge < -0.3 is 19.3 Å². The number of carboxylic acid groups (broad SMARTS) is 1. The summed E-state index contributed by atoms with van der Waals surface area (Å²) in [5.74, 6) is -0.673. The van der Waals surface area contributed by atoms with E-state index in [1.807, 2.05) is 18.2 Å². The molecule has 41 heavy (non-hydrogen) atoms. The van der Waals surface area contributed by atoms with Crippen LogP contribution in [0.4, 0.5) is 0 Å². The van der Waals surface area contributed by atoms with Crippen molar-refractivity contribution in [2.75, 3.05) is 6.61 Å². The first kappa shape index (κ1) is 30.3. The van der Waals surface area contributed by atoms with Crippen LogP contribution in [0, 0.1) is 0 Å². The lowest BCUT2D eigenvalue weighted by Crippen LogP contribution is -2.23. The predicted molar refractivity (Wildman–Crippen MR) is 160 cm³/mol. The summed E-state index contributed by atoms with van der Waals surface area (Å²) in [4.78, 5) is 24.2. The predicted octanol–water partition coefficient (Wildman–Crippen LogP) is 8.20. The number of carbonyl (C=O) groups is 2. The van der Waals surface area contributed by atoms with Gasteiger partial charge in [-0.3, -0.25) is 0 Å². The molecule has 1 N–H and O–H groups in total. The Labute approximate surface area is 243 Å². The quantitative estimate of drug-likeness (QED) is 0.108. The maximum atomic E-state index is 12.8. The number of carboxylic acids is 1. The van der Waals surface area contributed by atoms with E-state index in [9.17, 15) is 14.7 Å². The molecule has 0 saturated carbocycles. The Bertz CT molecular complexity index is 1270. The van der Waals surface area contributed by atoms with Crippen LogP contribution in [0.3, 0.4) is 0 Å². The highest BCUT2D eigenvalue weighted by Gasteiger charge is 2.21. The zero-order chi connectivity index (χ0) is 28.9. The Morgan fingerprint density at radius 3 is 2.34 bits per heavy atom. The molecule has 1 atom stereocenters. The van der Waals surface area contributed by atoms with Crippen molar-refractivity contribution in [2.45, 2.75) is 90.3 Å². The molecule has 0 aliphatic heterocycles. The minimum atomic E-state index is -1.03. The van der Waals surface area contributed by atoms with Crippen LogP contribution in [-0.2, 0) is 24.2 Å². The summed E-state index contributed by atoms with van der Waals surface area (Å²) in [6.07, 6.45) is 13.4.